The van der Waals surface area contributed by atoms with E-state index in [1.807, 2.05) is 18.2 Å². The Bertz CT molecular complexity index is 1830. The molecule has 0 fully saturated rings. The number of esters is 3. The third-order valence-electron chi connectivity index (χ3n) is 21.9. The van der Waals surface area contributed by atoms with Crippen LogP contribution in [0.3, 0.4) is 0 Å². The molecule has 12 heteroatoms. The van der Waals surface area contributed by atoms with Crippen LogP contribution >= 0.6 is 0 Å². The van der Waals surface area contributed by atoms with E-state index in [0.717, 1.165) is 90.4 Å². The Morgan fingerprint density at radius 2 is 0.458 bits per heavy atom. The van der Waals surface area contributed by atoms with Gasteiger partial charge in [-0.25, -0.2) is 14.4 Å². The summed E-state index contributed by atoms with van der Waals surface area (Å²) in [6.07, 6.45) is 92.1. The predicted octanol–water partition coefficient (Wildman–Crippen LogP) is 26.0. The van der Waals surface area contributed by atoms with E-state index in [2.05, 4.69) is 54.6 Å². The fourth-order valence-electron chi connectivity index (χ4n) is 15.0. The zero-order chi connectivity index (χ0) is 77.6. The fraction of sp³-hybridized carbons (Fsp3) is 0.905. The van der Waals surface area contributed by atoms with Gasteiger partial charge in [0, 0.05) is 64.0 Å². The lowest BCUT2D eigenvalue weighted by molar-refractivity contribution is -0.138. The zero-order valence-corrected chi connectivity index (χ0v) is 72.2. The Morgan fingerprint density at radius 1 is 0.262 bits per heavy atom. The Balaban J connectivity index is 5.86. The van der Waals surface area contributed by atoms with Crippen molar-refractivity contribution in [3.8, 4) is 0 Å². The molecule has 0 heterocycles. The van der Waals surface area contributed by atoms with Crippen LogP contribution in [-0.2, 0) is 28.6 Å². The quantitative estimate of drug-likeness (QED) is 0.0231. The molecule has 0 saturated heterocycles. The lowest BCUT2D eigenvalue weighted by Gasteiger charge is -2.29. The Kier molecular flexibility index (Phi) is 86.8. The number of carbonyl (C=O) groups is 3. The van der Waals surface area contributed by atoms with Crippen molar-refractivity contribution in [3.05, 3.63) is 36.5 Å². The van der Waals surface area contributed by atoms with Gasteiger partial charge in [0.15, 0.2) is 0 Å². The SMILES string of the molecule is CCCCCCCCCCCCCCCOC(=O)/C=C/CNCC(O)CN(CCCCCCCCCCCCCC)CCCCN(CCCCCCCCCCCCCC)CC(O)CN(C/C=C/C(=O)OCCCCCCCCCCCCCCC)C/C=C/C(=O)OCCCCCCCCCCCCCCC. The summed E-state index contributed by atoms with van der Waals surface area (Å²) >= 11 is 0. The van der Waals surface area contributed by atoms with Gasteiger partial charge in [-0.2, -0.15) is 0 Å². The van der Waals surface area contributed by atoms with E-state index < -0.39 is 12.2 Å². The normalized spacial score (nSPS) is 12.6. The molecule has 632 valence electrons. The summed E-state index contributed by atoms with van der Waals surface area (Å²) in [6.45, 7) is 19.8. The van der Waals surface area contributed by atoms with Crippen LogP contribution in [0.5, 0.6) is 0 Å². The maximum atomic E-state index is 13.0. The molecule has 0 aliphatic carbocycles. The molecule has 12 nitrogen and oxygen atoms in total. The summed E-state index contributed by atoms with van der Waals surface area (Å²) in [7, 11) is 0. The number of rotatable bonds is 90. The van der Waals surface area contributed by atoms with Gasteiger partial charge < -0.3 is 39.5 Å². The Labute approximate surface area is 665 Å². The minimum absolute atomic E-state index is 0.291. The molecule has 107 heavy (non-hydrogen) atoms. The molecule has 0 aromatic carbocycles. The van der Waals surface area contributed by atoms with Crippen LogP contribution in [0.2, 0.25) is 0 Å². The molecular weight excluding hydrogens is 1330 g/mol. The summed E-state index contributed by atoms with van der Waals surface area (Å²) < 4.78 is 16.8. The number of hydrogen-bond donors (Lipinski definition) is 3. The monoisotopic (exact) mass is 1510 g/mol. The minimum Gasteiger partial charge on any atom is -0.463 e. The van der Waals surface area contributed by atoms with Crippen LogP contribution < -0.4 is 5.32 Å². The standard InChI is InChI=1S/C95H184N4O8/c1-6-11-16-21-26-31-36-41-46-51-56-61-68-84-105-93(102)74-71-77-96-87-91(100)88-97(78-64-59-54-49-44-39-34-29-24-19-14-9-4)80-66-67-81-98(79-65-60-55-50-45-40-35-30-25-20-15-10-5)89-92(101)90-99(82-72-75-94(103)106-85-69-62-57-52-47-42-37-32-27-22-17-12-7-2)83-73-76-95(104)107-86-70-63-58-53-48-43-38-33-28-23-18-13-8-3/h71-76,91-92,96,100-101H,6-70,77-90H2,1-5H3/b74-71+,75-72+,76-73+. The topological polar surface area (TPSA) is 141 Å². The molecule has 0 aliphatic rings. The molecule has 0 aliphatic heterocycles. The number of nitrogens with one attached hydrogen (secondary N) is 1. The minimum atomic E-state index is -0.640. The van der Waals surface area contributed by atoms with E-state index in [0.29, 0.717) is 65.6 Å². The molecule has 2 atom stereocenters. The van der Waals surface area contributed by atoms with E-state index in [4.69, 9.17) is 14.2 Å². The van der Waals surface area contributed by atoms with Crippen molar-refractivity contribution in [1.29, 1.82) is 0 Å². The van der Waals surface area contributed by atoms with E-state index >= 15 is 0 Å². The second-order valence-corrected chi connectivity index (χ2v) is 32.7. The molecule has 0 amide bonds. The molecule has 0 bridgehead atoms. The van der Waals surface area contributed by atoms with Crippen LogP contribution in [0.15, 0.2) is 36.5 Å². The molecule has 0 saturated carbocycles. The Morgan fingerprint density at radius 3 is 0.710 bits per heavy atom. The third-order valence-corrected chi connectivity index (χ3v) is 21.9. The highest BCUT2D eigenvalue weighted by atomic mass is 16.5. The number of unbranched alkanes of at least 4 members (excludes halogenated alkanes) is 59. The molecule has 0 spiro atoms. The highest BCUT2D eigenvalue weighted by Gasteiger charge is 2.18. The van der Waals surface area contributed by atoms with Crippen LogP contribution in [0, 0.1) is 0 Å². The van der Waals surface area contributed by atoms with Crippen LogP contribution in [0.25, 0.3) is 0 Å². The maximum Gasteiger partial charge on any atom is 0.330 e. The van der Waals surface area contributed by atoms with Crippen LogP contribution in [0.4, 0.5) is 0 Å². The number of carbonyl (C=O) groups excluding carboxylic acids is 3. The zero-order valence-electron chi connectivity index (χ0n) is 72.2. The van der Waals surface area contributed by atoms with Crippen LogP contribution in [-0.4, -0.2) is 147 Å². The molecule has 0 aromatic heterocycles. The van der Waals surface area contributed by atoms with Crippen LogP contribution in [0.1, 0.15) is 452 Å². The van der Waals surface area contributed by atoms with Gasteiger partial charge in [0.1, 0.15) is 0 Å². The van der Waals surface area contributed by atoms with Crippen molar-refractivity contribution in [2.24, 2.45) is 0 Å². The average Bonchev–Trinajstić information content (AvgIpc) is 0.955. The maximum absolute atomic E-state index is 13.0. The van der Waals surface area contributed by atoms with Gasteiger partial charge in [-0.15, -0.1) is 0 Å². The predicted molar refractivity (Wildman–Crippen MR) is 463 cm³/mol. The lowest BCUT2D eigenvalue weighted by atomic mass is 10.0. The first-order valence-corrected chi connectivity index (χ1v) is 47.4. The largest absolute Gasteiger partial charge is 0.463 e. The number of ether oxygens (including phenoxy) is 3. The van der Waals surface area contributed by atoms with E-state index in [1.165, 1.54) is 371 Å². The number of hydrogen-bond acceptors (Lipinski definition) is 12. The number of aliphatic hydroxyl groups excluding tert-OH is 2. The molecule has 0 radical (unpaired) electrons. The molecule has 0 rings (SSSR count). The molecule has 0 aromatic rings. The van der Waals surface area contributed by atoms with Crippen molar-refractivity contribution >= 4 is 17.9 Å². The van der Waals surface area contributed by atoms with Gasteiger partial charge in [0.05, 0.1) is 32.0 Å². The molecular formula is C95H184N4O8. The van der Waals surface area contributed by atoms with E-state index in [1.54, 1.807) is 0 Å². The van der Waals surface area contributed by atoms with Crippen molar-refractivity contribution in [2.75, 3.05) is 91.8 Å². The van der Waals surface area contributed by atoms with Gasteiger partial charge in [0.25, 0.3) is 0 Å². The first-order valence-electron chi connectivity index (χ1n) is 47.4. The first-order chi connectivity index (χ1) is 52.7. The summed E-state index contributed by atoms with van der Waals surface area (Å²) in [5.74, 6) is -0.954. The second kappa shape index (κ2) is 88.9. The van der Waals surface area contributed by atoms with Crippen molar-refractivity contribution in [3.63, 3.8) is 0 Å². The van der Waals surface area contributed by atoms with Gasteiger partial charge in [-0.3, -0.25) is 4.90 Å². The highest BCUT2D eigenvalue weighted by molar-refractivity contribution is 5.82. The molecule has 3 N–H and O–H groups in total. The third kappa shape index (κ3) is 84.1. The summed E-state index contributed by atoms with van der Waals surface area (Å²) in [5.41, 5.74) is 0. The van der Waals surface area contributed by atoms with Crippen molar-refractivity contribution in [2.45, 2.75) is 464 Å². The second-order valence-electron chi connectivity index (χ2n) is 32.7. The van der Waals surface area contributed by atoms with Gasteiger partial charge >= 0.3 is 17.9 Å². The Hall–Kier alpha value is -2.61. The smallest absolute Gasteiger partial charge is 0.330 e. The van der Waals surface area contributed by atoms with E-state index in [9.17, 15) is 24.6 Å². The van der Waals surface area contributed by atoms with Crippen molar-refractivity contribution in [1.82, 2.24) is 20.0 Å². The van der Waals surface area contributed by atoms with Gasteiger partial charge in [-0.05, 0) is 71.1 Å². The summed E-state index contributed by atoms with van der Waals surface area (Å²) in [4.78, 5) is 45.5. The summed E-state index contributed by atoms with van der Waals surface area (Å²) in [6, 6.07) is 0. The molecule has 2 unspecified atom stereocenters. The summed E-state index contributed by atoms with van der Waals surface area (Å²) in [5, 5.41) is 26.8. The average molecular weight is 1510 g/mol. The van der Waals surface area contributed by atoms with E-state index in [-0.39, 0.29) is 17.9 Å². The number of nitrogens with zero attached hydrogens (tertiary/aromatic N) is 3. The lowest BCUT2D eigenvalue weighted by Crippen LogP contribution is -2.41. The van der Waals surface area contributed by atoms with Gasteiger partial charge in [-0.1, -0.05) is 425 Å². The number of aliphatic hydroxyl groups is 2. The fourth-order valence-corrected chi connectivity index (χ4v) is 15.0. The first kappa shape index (κ1) is 104. The van der Waals surface area contributed by atoms with Gasteiger partial charge in [0.2, 0.25) is 0 Å². The highest BCUT2D eigenvalue weighted by Crippen LogP contribution is 2.19. The van der Waals surface area contributed by atoms with Crippen molar-refractivity contribution < 1.29 is 38.8 Å².